The summed E-state index contributed by atoms with van der Waals surface area (Å²) in [4.78, 5) is 16.5. The summed E-state index contributed by atoms with van der Waals surface area (Å²) in [7, 11) is 1.54. The predicted octanol–water partition coefficient (Wildman–Crippen LogP) is 2.92. The van der Waals surface area contributed by atoms with E-state index in [4.69, 9.17) is 0 Å². The molecule has 0 saturated carbocycles. The van der Waals surface area contributed by atoms with E-state index in [2.05, 4.69) is 20.0 Å². The molecule has 2 rings (SSSR count). The lowest BCUT2D eigenvalue weighted by Crippen LogP contribution is -2.37. The van der Waals surface area contributed by atoms with Crippen LogP contribution in [0.25, 0.3) is 11.4 Å². The van der Waals surface area contributed by atoms with E-state index in [1.54, 1.807) is 36.2 Å². The second-order valence-corrected chi connectivity index (χ2v) is 4.69. The summed E-state index contributed by atoms with van der Waals surface area (Å²) >= 11 is 0. The van der Waals surface area contributed by atoms with Crippen LogP contribution in [0.2, 0.25) is 0 Å². The third kappa shape index (κ3) is 3.99. The van der Waals surface area contributed by atoms with Crippen molar-refractivity contribution < 1.29 is 22.5 Å². The van der Waals surface area contributed by atoms with Crippen LogP contribution >= 0.6 is 0 Å². The fourth-order valence-corrected chi connectivity index (χ4v) is 1.92. The van der Waals surface area contributed by atoms with Crippen LogP contribution < -0.4 is 5.32 Å². The first kappa shape index (κ1) is 16.8. The van der Waals surface area contributed by atoms with Crippen LogP contribution in [0, 0.1) is 0 Å². The number of hydrogen-bond acceptors (Lipinski definition) is 4. The van der Waals surface area contributed by atoms with Gasteiger partial charge in [-0.2, -0.15) is 18.2 Å². The van der Waals surface area contributed by atoms with Crippen molar-refractivity contribution in [2.75, 3.05) is 13.6 Å². The van der Waals surface area contributed by atoms with Gasteiger partial charge >= 0.3 is 18.1 Å². The van der Waals surface area contributed by atoms with Crippen molar-refractivity contribution in [2.45, 2.75) is 19.6 Å². The minimum atomic E-state index is -4.67. The van der Waals surface area contributed by atoms with Gasteiger partial charge in [0.2, 0.25) is 5.82 Å². The number of alkyl halides is 3. The van der Waals surface area contributed by atoms with Gasteiger partial charge < -0.3 is 14.7 Å². The molecule has 0 unspecified atom stereocenters. The number of halogens is 3. The van der Waals surface area contributed by atoms with E-state index in [0.717, 1.165) is 5.56 Å². The lowest BCUT2D eigenvalue weighted by Gasteiger charge is -2.20. The van der Waals surface area contributed by atoms with E-state index >= 15 is 0 Å². The molecule has 1 heterocycles. The third-order valence-electron chi connectivity index (χ3n) is 3.14. The van der Waals surface area contributed by atoms with Gasteiger partial charge in [0.15, 0.2) is 0 Å². The van der Waals surface area contributed by atoms with Gasteiger partial charge in [-0.15, -0.1) is 0 Å². The zero-order chi connectivity index (χ0) is 17.0. The minimum absolute atomic E-state index is 0.137. The summed E-state index contributed by atoms with van der Waals surface area (Å²) in [6, 6.07) is 6.36. The van der Waals surface area contributed by atoms with Gasteiger partial charge in [0.05, 0.1) is 0 Å². The molecule has 0 saturated heterocycles. The summed E-state index contributed by atoms with van der Waals surface area (Å²) in [6.45, 7) is 2.76. The number of hydrogen-bond donors (Lipinski definition) is 1. The molecule has 2 aromatic rings. The Morgan fingerprint density at radius 2 is 1.96 bits per heavy atom. The van der Waals surface area contributed by atoms with E-state index < -0.39 is 12.1 Å². The monoisotopic (exact) mass is 328 g/mol. The first-order valence-electron chi connectivity index (χ1n) is 6.82. The second kappa shape index (κ2) is 6.67. The van der Waals surface area contributed by atoms with E-state index in [9.17, 15) is 18.0 Å². The fourth-order valence-electron chi connectivity index (χ4n) is 1.92. The minimum Gasteiger partial charge on any atom is -0.341 e. The standard InChI is InChI=1S/C14H15F3N4O2/c1-3-21(13(22)18-2)8-9-4-6-10(7-5-9)11-19-12(23-20-11)14(15,16)17/h4-7H,3,8H2,1-2H3,(H,18,22). The first-order valence-corrected chi connectivity index (χ1v) is 6.82. The van der Waals surface area contributed by atoms with Crippen LogP contribution in [0.4, 0.5) is 18.0 Å². The third-order valence-corrected chi connectivity index (χ3v) is 3.14. The van der Waals surface area contributed by atoms with Crippen molar-refractivity contribution in [1.29, 1.82) is 0 Å². The molecule has 1 aromatic heterocycles. The molecule has 0 fully saturated rings. The van der Waals surface area contributed by atoms with Gasteiger partial charge in [-0.1, -0.05) is 29.4 Å². The highest BCUT2D eigenvalue weighted by Gasteiger charge is 2.38. The average molecular weight is 328 g/mol. The van der Waals surface area contributed by atoms with Crippen LogP contribution in [-0.2, 0) is 12.7 Å². The first-order chi connectivity index (χ1) is 10.8. The molecule has 9 heteroatoms. The molecule has 1 N–H and O–H groups in total. The molecule has 0 atom stereocenters. The SMILES string of the molecule is CCN(Cc1ccc(-c2noc(C(F)(F)F)n2)cc1)C(=O)NC. The highest BCUT2D eigenvalue weighted by atomic mass is 19.4. The number of aromatic nitrogens is 2. The number of carbonyl (C=O) groups is 1. The molecule has 6 nitrogen and oxygen atoms in total. The Hall–Kier alpha value is -2.58. The zero-order valence-electron chi connectivity index (χ0n) is 12.5. The quantitative estimate of drug-likeness (QED) is 0.937. The molecular weight excluding hydrogens is 313 g/mol. The Kier molecular flexibility index (Phi) is 4.87. The highest BCUT2D eigenvalue weighted by Crippen LogP contribution is 2.29. The van der Waals surface area contributed by atoms with Gasteiger partial charge in [0.25, 0.3) is 0 Å². The molecule has 23 heavy (non-hydrogen) atoms. The summed E-state index contributed by atoms with van der Waals surface area (Å²) in [5.74, 6) is -1.52. The summed E-state index contributed by atoms with van der Waals surface area (Å²) in [5.41, 5.74) is 1.23. The molecule has 124 valence electrons. The molecular formula is C14H15F3N4O2. The molecule has 0 aliphatic rings. The highest BCUT2D eigenvalue weighted by molar-refractivity contribution is 5.73. The lowest BCUT2D eigenvalue weighted by atomic mass is 10.1. The topological polar surface area (TPSA) is 71.3 Å². The van der Waals surface area contributed by atoms with Gasteiger partial charge in [0, 0.05) is 25.7 Å². The number of benzene rings is 1. The number of amides is 2. The van der Waals surface area contributed by atoms with E-state index in [1.807, 2.05) is 6.92 Å². The molecule has 2 amide bonds. The Labute approximate surface area is 130 Å². The van der Waals surface area contributed by atoms with Gasteiger partial charge in [-0.05, 0) is 12.5 Å². The average Bonchev–Trinajstić information content (AvgIpc) is 3.02. The smallest absolute Gasteiger partial charge is 0.341 e. The molecule has 0 aliphatic heterocycles. The fraction of sp³-hybridized carbons (Fsp3) is 0.357. The van der Waals surface area contributed by atoms with Crippen LogP contribution in [-0.4, -0.2) is 34.7 Å². The predicted molar refractivity (Wildman–Crippen MR) is 75.3 cm³/mol. The van der Waals surface area contributed by atoms with E-state index in [-0.39, 0.29) is 11.9 Å². The van der Waals surface area contributed by atoms with Gasteiger partial charge in [-0.25, -0.2) is 4.79 Å². The van der Waals surface area contributed by atoms with Crippen LogP contribution in [0.1, 0.15) is 18.4 Å². The molecule has 1 aromatic carbocycles. The van der Waals surface area contributed by atoms with E-state index in [1.165, 1.54) is 0 Å². The summed E-state index contributed by atoms with van der Waals surface area (Å²) in [5, 5.41) is 5.86. The Bertz CT molecular complexity index is 667. The van der Waals surface area contributed by atoms with Crippen LogP contribution in [0.15, 0.2) is 28.8 Å². The van der Waals surface area contributed by atoms with Crippen LogP contribution in [0.3, 0.4) is 0 Å². The zero-order valence-corrected chi connectivity index (χ0v) is 12.5. The Morgan fingerprint density at radius 3 is 2.43 bits per heavy atom. The molecule has 0 radical (unpaired) electrons. The lowest BCUT2D eigenvalue weighted by molar-refractivity contribution is -0.159. The number of carbonyl (C=O) groups excluding carboxylic acids is 1. The maximum Gasteiger partial charge on any atom is 0.471 e. The van der Waals surface area contributed by atoms with E-state index in [0.29, 0.717) is 18.7 Å². The number of nitrogens with zero attached hydrogens (tertiary/aromatic N) is 3. The largest absolute Gasteiger partial charge is 0.471 e. The maximum absolute atomic E-state index is 12.4. The number of urea groups is 1. The van der Waals surface area contributed by atoms with Crippen molar-refractivity contribution in [3.8, 4) is 11.4 Å². The molecule has 0 aliphatic carbocycles. The van der Waals surface area contributed by atoms with Crippen molar-refractivity contribution in [2.24, 2.45) is 0 Å². The Balaban J connectivity index is 2.13. The van der Waals surface area contributed by atoms with Gasteiger partial charge in [0.1, 0.15) is 0 Å². The normalized spacial score (nSPS) is 11.3. The van der Waals surface area contributed by atoms with Crippen molar-refractivity contribution in [1.82, 2.24) is 20.4 Å². The van der Waals surface area contributed by atoms with Crippen molar-refractivity contribution in [3.63, 3.8) is 0 Å². The van der Waals surface area contributed by atoms with Crippen molar-refractivity contribution >= 4 is 6.03 Å². The molecule has 0 bridgehead atoms. The number of rotatable bonds is 4. The summed E-state index contributed by atoms with van der Waals surface area (Å²) < 4.78 is 41.5. The maximum atomic E-state index is 12.4. The van der Waals surface area contributed by atoms with Gasteiger partial charge in [-0.3, -0.25) is 0 Å². The second-order valence-electron chi connectivity index (χ2n) is 4.69. The Morgan fingerprint density at radius 1 is 1.30 bits per heavy atom. The number of nitrogens with one attached hydrogen (secondary N) is 1. The summed E-state index contributed by atoms with van der Waals surface area (Å²) in [6.07, 6.45) is -4.67. The molecule has 0 spiro atoms. The van der Waals surface area contributed by atoms with Crippen molar-refractivity contribution in [3.05, 3.63) is 35.7 Å². The van der Waals surface area contributed by atoms with Crippen LogP contribution in [0.5, 0.6) is 0 Å².